The van der Waals surface area contributed by atoms with Crippen molar-refractivity contribution < 1.29 is 9.53 Å². The third-order valence-electron chi connectivity index (χ3n) is 3.35. The van der Waals surface area contributed by atoms with Gasteiger partial charge in [0.15, 0.2) is 0 Å². The number of rotatable bonds is 7. The molecule has 1 aromatic rings. The van der Waals surface area contributed by atoms with Crippen molar-refractivity contribution in [2.24, 2.45) is 5.92 Å². The van der Waals surface area contributed by atoms with Crippen LogP contribution in [-0.4, -0.2) is 17.7 Å². The van der Waals surface area contributed by atoms with E-state index in [-0.39, 0.29) is 6.09 Å². The van der Waals surface area contributed by atoms with E-state index in [1.54, 1.807) is 0 Å². The molecule has 1 rings (SSSR count). The zero-order chi connectivity index (χ0) is 17.5. The summed E-state index contributed by atoms with van der Waals surface area (Å²) in [6.45, 7) is 12.7. The van der Waals surface area contributed by atoms with Crippen LogP contribution in [0.5, 0.6) is 0 Å². The molecule has 0 bridgehead atoms. The molecule has 0 radical (unpaired) electrons. The average Bonchev–Trinajstić information content (AvgIpc) is 2.41. The lowest BCUT2D eigenvalue weighted by Gasteiger charge is -2.20. The maximum atomic E-state index is 11.7. The molecular weight excluding hydrogens is 288 g/mol. The average molecular weight is 320 g/mol. The van der Waals surface area contributed by atoms with Crippen LogP contribution in [0.2, 0.25) is 0 Å². The molecule has 0 spiro atoms. The summed E-state index contributed by atoms with van der Waals surface area (Å²) in [6, 6.07) is 8.57. The van der Waals surface area contributed by atoms with Crippen molar-refractivity contribution in [1.82, 2.24) is 5.32 Å². The Morgan fingerprint density at radius 3 is 2.48 bits per heavy atom. The van der Waals surface area contributed by atoms with E-state index in [2.05, 4.69) is 43.5 Å². The molecule has 1 unspecified atom stereocenters. The predicted octanol–water partition coefficient (Wildman–Crippen LogP) is 4.95. The zero-order valence-corrected chi connectivity index (χ0v) is 15.4. The summed E-state index contributed by atoms with van der Waals surface area (Å²) in [6.07, 6.45) is 1.98. The molecule has 4 nitrogen and oxygen atoms in total. The number of hydrogen-bond acceptors (Lipinski definition) is 3. The summed E-state index contributed by atoms with van der Waals surface area (Å²) in [5.41, 5.74) is 1.67. The molecule has 4 heteroatoms. The summed E-state index contributed by atoms with van der Waals surface area (Å²) in [5, 5.41) is 6.31. The SMILES string of the molecule is CC(C)CCC(C)Nc1cccc(CNC(=O)OC(C)(C)C)c1. The summed E-state index contributed by atoms with van der Waals surface area (Å²) in [4.78, 5) is 11.7. The van der Waals surface area contributed by atoms with Gasteiger partial charge < -0.3 is 15.4 Å². The number of carbonyl (C=O) groups excluding carboxylic acids is 1. The van der Waals surface area contributed by atoms with Crippen molar-refractivity contribution in [2.75, 3.05) is 5.32 Å². The van der Waals surface area contributed by atoms with Crippen LogP contribution in [0.15, 0.2) is 24.3 Å². The van der Waals surface area contributed by atoms with E-state index in [4.69, 9.17) is 4.74 Å². The minimum Gasteiger partial charge on any atom is -0.444 e. The van der Waals surface area contributed by atoms with Crippen molar-refractivity contribution in [2.45, 2.75) is 72.6 Å². The van der Waals surface area contributed by atoms with Crippen LogP contribution in [-0.2, 0) is 11.3 Å². The molecule has 0 aliphatic rings. The molecule has 0 aliphatic heterocycles. The minimum atomic E-state index is -0.473. The number of nitrogens with one attached hydrogen (secondary N) is 2. The number of ether oxygens (including phenoxy) is 1. The first-order valence-corrected chi connectivity index (χ1v) is 8.48. The highest BCUT2D eigenvalue weighted by Crippen LogP contribution is 2.15. The molecule has 0 heterocycles. The molecule has 0 saturated heterocycles. The first-order chi connectivity index (χ1) is 10.7. The number of anilines is 1. The number of carbonyl (C=O) groups is 1. The molecule has 2 N–H and O–H groups in total. The zero-order valence-electron chi connectivity index (χ0n) is 15.4. The third kappa shape index (κ3) is 9.11. The summed E-state index contributed by atoms with van der Waals surface area (Å²) in [5.74, 6) is 0.726. The second-order valence-electron chi connectivity index (χ2n) is 7.57. The van der Waals surface area contributed by atoms with Crippen molar-refractivity contribution in [3.63, 3.8) is 0 Å². The van der Waals surface area contributed by atoms with E-state index in [0.717, 1.165) is 23.6 Å². The fourth-order valence-electron chi connectivity index (χ4n) is 2.20. The van der Waals surface area contributed by atoms with E-state index in [0.29, 0.717) is 12.6 Å². The van der Waals surface area contributed by atoms with Gasteiger partial charge in [0.25, 0.3) is 0 Å². The van der Waals surface area contributed by atoms with Crippen LogP contribution < -0.4 is 10.6 Å². The van der Waals surface area contributed by atoms with Gasteiger partial charge in [-0.25, -0.2) is 4.79 Å². The Hall–Kier alpha value is -1.71. The first-order valence-electron chi connectivity index (χ1n) is 8.48. The lowest BCUT2D eigenvalue weighted by atomic mass is 10.0. The van der Waals surface area contributed by atoms with E-state index in [9.17, 15) is 4.79 Å². The standard InChI is InChI=1S/C19H32N2O2/c1-14(2)10-11-15(3)21-17-9-7-8-16(12-17)13-20-18(22)23-19(4,5)6/h7-9,12,14-15,21H,10-11,13H2,1-6H3,(H,20,22). The molecule has 1 atom stereocenters. The number of benzene rings is 1. The monoisotopic (exact) mass is 320 g/mol. The smallest absolute Gasteiger partial charge is 0.407 e. The van der Waals surface area contributed by atoms with Gasteiger partial charge in [0, 0.05) is 18.3 Å². The van der Waals surface area contributed by atoms with Crippen molar-refractivity contribution in [3.8, 4) is 0 Å². The lowest BCUT2D eigenvalue weighted by Crippen LogP contribution is -2.32. The van der Waals surface area contributed by atoms with E-state index < -0.39 is 5.60 Å². The molecule has 1 aromatic carbocycles. The van der Waals surface area contributed by atoms with Crippen molar-refractivity contribution in [1.29, 1.82) is 0 Å². The Morgan fingerprint density at radius 2 is 1.87 bits per heavy atom. The highest BCUT2D eigenvalue weighted by molar-refractivity contribution is 5.67. The fraction of sp³-hybridized carbons (Fsp3) is 0.632. The Kier molecular flexibility index (Phi) is 7.40. The number of hydrogen-bond donors (Lipinski definition) is 2. The summed E-state index contributed by atoms with van der Waals surface area (Å²) < 4.78 is 5.24. The van der Waals surface area contributed by atoms with Crippen LogP contribution in [0.25, 0.3) is 0 Å². The Bertz CT molecular complexity index is 492. The molecule has 130 valence electrons. The van der Waals surface area contributed by atoms with Gasteiger partial charge in [-0.3, -0.25) is 0 Å². The van der Waals surface area contributed by atoms with E-state index in [1.165, 1.54) is 6.42 Å². The maximum absolute atomic E-state index is 11.7. The van der Waals surface area contributed by atoms with Crippen LogP contribution in [0.1, 0.15) is 59.9 Å². The van der Waals surface area contributed by atoms with Gasteiger partial charge in [0.1, 0.15) is 5.60 Å². The minimum absolute atomic E-state index is 0.388. The van der Waals surface area contributed by atoms with Crippen molar-refractivity contribution in [3.05, 3.63) is 29.8 Å². The maximum Gasteiger partial charge on any atom is 0.407 e. The summed E-state index contributed by atoms with van der Waals surface area (Å²) in [7, 11) is 0. The molecule has 0 fully saturated rings. The Morgan fingerprint density at radius 1 is 1.17 bits per heavy atom. The highest BCUT2D eigenvalue weighted by Gasteiger charge is 2.15. The van der Waals surface area contributed by atoms with Crippen LogP contribution in [0.4, 0.5) is 10.5 Å². The Balaban J connectivity index is 2.48. The molecule has 1 amide bonds. The van der Waals surface area contributed by atoms with Gasteiger partial charge in [-0.1, -0.05) is 26.0 Å². The van der Waals surface area contributed by atoms with Crippen LogP contribution in [0, 0.1) is 5.92 Å². The number of amides is 1. The predicted molar refractivity (Wildman–Crippen MR) is 96.7 cm³/mol. The third-order valence-corrected chi connectivity index (χ3v) is 3.35. The van der Waals surface area contributed by atoms with Gasteiger partial charge in [-0.15, -0.1) is 0 Å². The van der Waals surface area contributed by atoms with E-state index >= 15 is 0 Å². The molecule has 23 heavy (non-hydrogen) atoms. The van der Waals surface area contributed by atoms with Crippen LogP contribution in [0.3, 0.4) is 0 Å². The fourth-order valence-corrected chi connectivity index (χ4v) is 2.20. The quantitative estimate of drug-likeness (QED) is 0.747. The van der Waals surface area contributed by atoms with Crippen molar-refractivity contribution >= 4 is 11.8 Å². The molecular formula is C19H32N2O2. The van der Waals surface area contributed by atoms with Crippen LogP contribution >= 0.6 is 0 Å². The molecule has 0 aromatic heterocycles. The van der Waals surface area contributed by atoms with Gasteiger partial charge in [0.05, 0.1) is 0 Å². The Labute approximate surface area is 141 Å². The first kappa shape index (κ1) is 19.3. The second kappa shape index (κ2) is 8.80. The van der Waals surface area contributed by atoms with E-state index in [1.807, 2.05) is 32.9 Å². The van der Waals surface area contributed by atoms with Gasteiger partial charge in [-0.05, 0) is 64.2 Å². The lowest BCUT2D eigenvalue weighted by molar-refractivity contribution is 0.0523. The second-order valence-corrected chi connectivity index (χ2v) is 7.57. The summed E-state index contributed by atoms with van der Waals surface area (Å²) >= 11 is 0. The van der Waals surface area contributed by atoms with Gasteiger partial charge in [0.2, 0.25) is 0 Å². The largest absolute Gasteiger partial charge is 0.444 e. The molecule has 0 saturated carbocycles. The highest BCUT2D eigenvalue weighted by atomic mass is 16.6. The normalized spacial score (nSPS) is 12.8. The van der Waals surface area contributed by atoms with Gasteiger partial charge >= 0.3 is 6.09 Å². The van der Waals surface area contributed by atoms with Gasteiger partial charge in [-0.2, -0.15) is 0 Å². The molecule has 0 aliphatic carbocycles. The number of alkyl carbamates (subject to hydrolysis) is 1. The topological polar surface area (TPSA) is 50.4 Å².